The highest BCUT2D eigenvalue weighted by Crippen LogP contribution is 2.19. The lowest BCUT2D eigenvalue weighted by molar-refractivity contribution is -0.151. The van der Waals surface area contributed by atoms with E-state index < -0.39 is 6.04 Å². The molecule has 1 heterocycles. The first-order valence-electron chi connectivity index (χ1n) is 7.02. The van der Waals surface area contributed by atoms with Crippen molar-refractivity contribution in [2.24, 2.45) is 0 Å². The Morgan fingerprint density at radius 3 is 2.76 bits per heavy atom. The summed E-state index contributed by atoms with van der Waals surface area (Å²) in [6.07, 6.45) is 4.45. The average molecular weight is 291 g/mol. The molecule has 1 aliphatic heterocycles. The number of ether oxygens (including phenoxy) is 1. The number of benzene rings is 1. The lowest BCUT2D eigenvalue weighted by atomic mass is 10.2. The van der Waals surface area contributed by atoms with Crippen molar-refractivity contribution in [2.45, 2.75) is 25.8 Å². The monoisotopic (exact) mass is 291 g/mol. The molecule has 1 amide bonds. The second kappa shape index (κ2) is 7.02. The quantitative estimate of drug-likeness (QED) is 0.632. The molecule has 1 saturated heterocycles. The van der Waals surface area contributed by atoms with Crippen LogP contribution in [-0.4, -0.2) is 36.0 Å². The van der Waals surface area contributed by atoms with Crippen LogP contribution in [0.25, 0.3) is 6.08 Å². The molecule has 0 N–H and O–H groups in total. The largest absolute Gasteiger partial charge is 0.464 e. The van der Waals surface area contributed by atoms with Gasteiger partial charge in [-0.1, -0.05) is 12.1 Å². The number of hydrogen-bond donors (Lipinski definition) is 0. The number of likely N-dealkylation sites (tertiary alicyclic amines) is 1. The third kappa shape index (κ3) is 3.90. The second-order valence-electron chi connectivity index (χ2n) is 4.83. The van der Waals surface area contributed by atoms with Gasteiger partial charge in [0, 0.05) is 12.6 Å². The van der Waals surface area contributed by atoms with Crippen molar-refractivity contribution in [3.8, 4) is 0 Å². The summed E-state index contributed by atoms with van der Waals surface area (Å²) in [5, 5.41) is 0. The molecular weight excluding hydrogens is 273 g/mol. The Morgan fingerprint density at radius 1 is 1.38 bits per heavy atom. The van der Waals surface area contributed by atoms with E-state index in [1.807, 2.05) is 0 Å². The number of hydrogen-bond acceptors (Lipinski definition) is 3. The zero-order chi connectivity index (χ0) is 15.2. The van der Waals surface area contributed by atoms with Crippen molar-refractivity contribution in [2.75, 3.05) is 13.2 Å². The molecule has 0 spiro atoms. The molecule has 1 aliphatic rings. The molecule has 1 aromatic rings. The SMILES string of the molecule is CCOC(=O)C1CCCN1C(=O)/C=C/c1ccc(F)cc1. The molecule has 1 fully saturated rings. The van der Waals surface area contributed by atoms with Gasteiger partial charge in [0.05, 0.1) is 6.61 Å². The molecule has 5 heteroatoms. The predicted octanol–water partition coefficient (Wildman–Crippen LogP) is 2.39. The van der Waals surface area contributed by atoms with Crippen molar-refractivity contribution in [3.63, 3.8) is 0 Å². The Bertz CT molecular complexity index is 539. The van der Waals surface area contributed by atoms with Crippen LogP contribution in [0.3, 0.4) is 0 Å². The van der Waals surface area contributed by atoms with Crippen molar-refractivity contribution in [3.05, 3.63) is 41.7 Å². The minimum atomic E-state index is -0.490. The van der Waals surface area contributed by atoms with Crippen molar-refractivity contribution in [1.82, 2.24) is 4.90 Å². The number of carbonyl (C=O) groups is 2. The van der Waals surface area contributed by atoms with Gasteiger partial charge in [-0.2, -0.15) is 0 Å². The van der Waals surface area contributed by atoms with Gasteiger partial charge in [-0.15, -0.1) is 0 Å². The minimum absolute atomic E-state index is 0.227. The van der Waals surface area contributed by atoms with Crippen LogP contribution in [0, 0.1) is 5.82 Å². The average Bonchev–Trinajstić information content (AvgIpc) is 2.96. The highest BCUT2D eigenvalue weighted by molar-refractivity contribution is 5.95. The van der Waals surface area contributed by atoms with Crippen LogP contribution in [0.5, 0.6) is 0 Å². The van der Waals surface area contributed by atoms with Gasteiger partial charge < -0.3 is 9.64 Å². The van der Waals surface area contributed by atoms with Gasteiger partial charge >= 0.3 is 5.97 Å². The molecule has 112 valence electrons. The minimum Gasteiger partial charge on any atom is -0.464 e. The van der Waals surface area contributed by atoms with Gasteiger partial charge in [0.2, 0.25) is 5.91 Å². The summed E-state index contributed by atoms with van der Waals surface area (Å²) in [6, 6.07) is 5.36. The van der Waals surface area contributed by atoms with Crippen molar-refractivity contribution >= 4 is 18.0 Å². The van der Waals surface area contributed by atoms with E-state index in [2.05, 4.69) is 0 Å². The molecule has 0 aliphatic carbocycles. The molecule has 2 rings (SSSR count). The maximum absolute atomic E-state index is 12.8. The summed E-state index contributed by atoms with van der Waals surface area (Å²) in [7, 11) is 0. The maximum Gasteiger partial charge on any atom is 0.328 e. The Kier molecular flexibility index (Phi) is 5.09. The number of amides is 1. The molecule has 0 radical (unpaired) electrons. The smallest absolute Gasteiger partial charge is 0.328 e. The Balaban J connectivity index is 2.01. The van der Waals surface area contributed by atoms with E-state index in [1.54, 1.807) is 25.1 Å². The summed E-state index contributed by atoms with van der Waals surface area (Å²) < 4.78 is 17.8. The van der Waals surface area contributed by atoms with Gasteiger partial charge in [0.1, 0.15) is 11.9 Å². The molecular formula is C16H18FNO3. The zero-order valence-corrected chi connectivity index (χ0v) is 11.9. The van der Waals surface area contributed by atoms with Crippen LogP contribution >= 0.6 is 0 Å². The number of nitrogens with zero attached hydrogens (tertiary/aromatic N) is 1. The fourth-order valence-electron chi connectivity index (χ4n) is 2.35. The van der Waals surface area contributed by atoms with Gasteiger partial charge in [-0.25, -0.2) is 9.18 Å². The van der Waals surface area contributed by atoms with Crippen LogP contribution in [-0.2, 0) is 14.3 Å². The van der Waals surface area contributed by atoms with Crippen molar-refractivity contribution in [1.29, 1.82) is 0 Å². The predicted molar refractivity (Wildman–Crippen MR) is 76.8 cm³/mol. The van der Waals surface area contributed by atoms with E-state index in [-0.39, 0.29) is 17.7 Å². The molecule has 4 nitrogen and oxygen atoms in total. The molecule has 1 aromatic carbocycles. The number of esters is 1. The van der Waals surface area contributed by atoms with Crippen molar-refractivity contribution < 1.29 is 18.7 Å². The lowest BCUT2D eigenvalue weighted by Gasteiger charge is -2.21. The molecule has 21 heavy (non-hydrogen) atoms. The second-order valence-corrected chi connectivity index (χ2v) is 4.83. The van der Waals surface area contributed by atoms with E-state index in [4.69, 9.17) is 4.74 Å². The summed E-state index contributed by atoms with van der Waals surface area (Å²) in [4.78, 5) is 25.5. The first-order chi connectivity index (χ1) is 10.1. The summed E-state index contributed by atoms with van der Waals surface area (Å²) in [6.45, 7) is 2.60. The van der Waals surface area contributed by atoms with Crippen LogP contribution < -0.4 is 0 Å². The molecule has 0 bridgehead atoms. The Hall–Kier alpha value is -2.17. The Labute approximate surface area is 123 Å². The highest BCUT2D eigenvalue weighted by atomic mass is 19.1. The van der Waals surface area contributed by atoms with Gasteiger partial charge in [-0.3, -0.25) is 4.79 Å². The van der Waals surface area contributed by atoms with Crippen LogP contribution in [0.2, 0.25) is 0 Å². The van der Waals surface area contributed by atoms with Crippen LogP contribution in [0.15, 0.2) is 30.3 Å². The number of rotatable bonds is 4. The van der Waals surface area contributed by atoms with Crippen LogP contribution in [0.4, 0.5) is 4.39 Å². The summed E-state index contributed by atoms with van der Waals surface area (Å²) >= 11 is 0. The van der Waals surface area contributed by atoms with Gasteiger partial charge in [-0.05, 0) is 43.5 Å². The highest BCUT2D eigenvalue weighted by Gasteiger charge is 2.33. The standard InChI is InChI=1S/C16H18FNO3/c1-2-21-16(20)14-4-3-11-18(14)15(19)10-7-12-5-8-13(17)9-6-12/h5-10,14H,2-4,11H2,1H3/b10-7+. The van der Waals surface area contributed by atoms with Gasteiger partial charge in [0.15, 0.2) is 0 Å². The normalized spacial score (nSPS) is 18.2. The zero-order valence-electron chi connectivity index (χ0n) is 11.9. The summed E-state index contributed by atoms with van der Waals surface area (Å²) in [5.41, 5.74) is 0.733. The maximum atomic E-state index is 12.8. The fourth-order valence-corrected chi connectivity index (χ4v) is 2.35. The number of carbonyl (C=O) groups excluding carboxylic acids is 2. The lowest BCUT2D eigenvalue weighted by Crippen LogP contribution is -2.40. The first-order valence-corrected chi connectivity index (χ1v) is 7.02. The third-order valence-electron chi connectivity index (χ3n) is 3.38. The van der Waals surface area contributed by atoms with E-state index in [0.717, 1.165) is 12.0 Å². The van der Waals surface area contributed by atoms with E-state index in [9.17, 15) is 14.0 Å². The van der Waals surface area contributed by atoms with E-state index in [0.29, 0.717) is 19.6 Å². The molecule has 1 unspecified atom stereocenters. The molecule has 0 saturated carbocycles. The van der Waals surface area contributed by atoms with Gasteiger partial charge in [0.25, 0.3) is 0 Å². The summed E-state index contributed by atoms with van der Waals surface area (Å²) in [5.74, 6) is -0.895. The Morgan fingerprint density at radius 2 is 2.10 bits per heavy atom. The topological polar surface area (TPSA) is 46.6 Å². The first kappa shape index (κ1) is 15.2. The molecule has 0 aromatic heterocycles. The molecule has 1 atom stereocenters. The third-order valence-corrected chi connectivity index (χ3v) is 3.38. The fraction of sp³-hybridized carbons (Fsp3) is 0.375. The van der Waals surface area contributed by atoms with Crippen LogP contribution in [0.1, 0.15) is 25.3 Å². The van der Waals surface area contributed by atoms with E-state index in [1.165, 1.54) is 23.1 Å². The van der Waals surface area contributed by atoms with E-state index >= 15 is 0 Å². The number of halogens is 1.